The normalized spacial score (nSPS) is 17.0. The Morgan fingerprint density at radius 1 is 1.03 bits per heavy atom. The Kier molecular flexibility index (Phi) is 5.45. The van der Waals surface area contributed by atoms with Gasteiger partial charge in [0, 0.05) is 36.6 Å². The van der Waals surface area contributed by atoms with Crippen LogP contribution in [0.1, 0.15) is 24.0 Å². The van der Waals surface area contributed by atoms with Gasteiger partial charge in [-0.1, -0.05) is 41.6 Å². The van der Waals surface area contributed by atoms with E-state index in [0.29, 0.717) is 30.8 Å². The predicted octanol–water partition coefficient (Wildman–Crippen LogP) is 4.39. The van der Waals surface area contributed by atoms with Crippen molar-refractivity contribution in [1.29, 1.82) is 0 Å². The molecule has 2 aromatic heterocycles. The van der Waals surface area contributed by atoms with Crippen LogP contribution in [0.5, 0.6) is 0 Å². The highest BCUT2D eigenvalue weighted by Gasteiger charge is 2.64. The third-order valence-electron chi connectivity index (χ3n) is 7.14. The molecule has 0 atom stereocenters. The van der Waals surface area contributed by atoms with E-state index in [1.54, 1.807) is 29.0 Å². The van der Waals surface area contributed by atoms with Gasteiger partial charge in [-0.15, -0.1) is 0 Å². The standard InChI is InChI=1S/C27H23F3N4O3/c28-27(29,30)26(10-11-26)20-7-4-18(5-8-20)24-31-25(37-32-24)19-6-9-23(36)34(14-19)13-17-2-1-3-21(12-17)33-15-22(35)16-33/h1-9,12,14,22,35H,10-11,13,15-16H2. The van der Waals surface area contributed by atoms with Crippen LogP contribution in [0.3, 0.4) is 0 Å². The SMILES string of the molecule is O=c1ccc(-c2nc(-c3ccc(C4(C(F)(F)F)CC4)cc3)no2)cn1Cc1cccc(N2CC(O)C2)c1. The summed E-state index contributed by atoms with van der Waals surface area (Å²) in [4.78, 5) is 19.0. The number of anilines is 1. The van der Waals surface area contributed by atoms with Gasteiger partial charge in [-0.3, -0.25) is 4.79 Å². The van der Waals surface area contributed by atoms with E-state index in [4.69, 9.17) is 4.52 Å². The van der Waals surface area contributed by atoms with Crippen molar-refractivity contribution in [1.82, 2.24) is 14.7 Å². The molecule has 7 nitrogen and oxygen atoms in total. The maximum absolute atomic E-state index is 13.4. The molecule has 10 heteroatoms. The second-order valence-corrected chi connectivity index (χ2v) is 9.69. The number of hydrogen-bond acceptors (Lipinski definition) is 6. The van der Waals surface area contributed by atoms with Crippen LogP contribution in [-0.4, -0.2) is 45.2 Å². The molecule has 0 radical (unpaired) electrons. The molecule has 0 unspecified atom stereocenters. The maximum atomic E-state index is 13.4. The first-order valence-corrected chi connectivity index (χ1v) is 12.0. The van der Waals surface area contributed by atoms with Gasteiger partial charge < -0.3 is 19.1 Å². The number of pyridine rings is 1. The van der Waals surface area contributed by atoms with Crippen LogP contribution in [0.4, 0.5) is 18.9 Å². The van der Waals surface area contributed by atoms with Crippen LogP contribution in [-0.2, 0) is 12.0 Å². The number of halogens is 3. The Balaban J connectivity index is 1.21. The molecular formula is C27H23F3N4O3. The van der Waals surface area contributed by atoms with Gasteiger partial charge in [0.05, 0.1) is 23.6 Å². The van der Waals surface area contributed by atoms with Crippen molar-refractivity contribution in [3.8, 4) is 22.8 Å². The fourth-order valence-corrected chi connectivity index (χ4v) is 4.75. The fourth-order valence-electron chi connectivity index (χ4n) is 4.75. The fraction of sp³-hybridized carbons (Fsp3) is 0.296. The highest BCUT2D eigenvalue weighted by Crippen LogP contribution is 2.58. The van der Waals surface area contributed by atoms with Crippen molar-refractivity contribution in [3.63, 3.8) is 0 Å². The van der Waals surface area contributed by atoms with Crippen LogP contribution in [0, 0.1) is 0 Å². The quantitative estimate of drug-likeness (QED) is 0.416. The summed E-state index contributed by atoms with van der Waals surface area (Å²) < 4.78 is 47.2. The number of aliphatic hydroxyl groups excluding tert-OH is 1. The van der Waals surface area contributed by atoms with E-state index in [-0.39, 0.29) is 41.8 Å². The monoisotopic (exact) mass is 508 g/mol. The molecular weight excluding hydrogens is 485 g/mol. The zero-order valence-corrected chi connectivity index (χ0v) is 19.7. The number of β-amino-alcohol motifs (C(OH)–C–C–N with tert-alkyl or cyclic N) is 1. The van der Waals surface area contributed by atoms with Crippen LogP contribution in [0.2, 0.25) is 0 Å². The van der Waals surface area contributed by atoms with E-state index >= 15 is 0 Å². The predicted molar refractivity (Wildman–Crippen MR) is 130 cm³/mol. The minimum absolute atomic E-state index is 0.101. The summed E-state index contributed by atoms with van der Waals surface area (Å²) in [5, 5.41) is 13.5. The Hall–Kier alpha value is -3.92. The summed E-state index contributed by atoms with van der Waals surface area (Å²) >= 11 is 0. The lowest BCUT2D eigenvalue weighted by Crippen LogP contribution is -2.50. The molecule has 190 valence electrons. The highest BCUT2D eigenvalue weighted by molar-refractivity contribution is 5.60. The van der Waals surface area contributed by atoms with E-state index in [1.807, 2.05) is 24.3 Å². The van der Waals surface area contributed by atoms with Crippen molar-refractivity contribution in [2.24, 2.45) is 0 Å². The van der Waals surface area contributed by atoms with Crippen LogP contribution < -0.4 is 10.5 Å². The van der Waals surface area contributed by atoms with Crippen molar-refractivity contribution >= 4 is 5.69 Å². The summed E-state index contributed by atoms with van der Waals surface area (Å²) in [6.07, 6.45) is -2.74. The Labute approximate surface area is 209 Å². The van der Waals surface area contributed by atoms with E-state index in [1.165, 1.54) is 18.2 Å². The summed E-state index contributed by atoms with van der Waals surface area (Å²) in [6.45, 7) is 1.51. The first-order valence-electron chi connectivity index (χ1n) is 12.0. The molecule has 6 rings (SSSR count). The number of rotatable bonds is 6. The highest BCUT2D eigenvalue weighted by atomic mass is 19.4. The summed E-state index contributed by atoms with van der Waals surface area (Å²) in [6, 6.07) is 16.9. The zero-order valence-electron chi connectivity index (χ0n) is 19.7. The van der Waals surface area contributed by atoms with Crippen molar-refractivity contribution < 1.29 is 22.8 Å². The lowest BCUT2D eigenvalue weighted by atomic mass is 9.94. The molecule has 2 fully saturated rings. The van der Waals surface area contributed by atoms with Crippen molar-refractivity contribution in [2.75, 3.05) is 18.0 Å². The molecule has 1 saturated heterocycles. The van der Waals surface area contributed by atoms with Gasteiger partial charge in [0.1, 0.15) is 0 Å². The number of hydrogen-bond donors (Lipinski definition) is 1. The number of alkyl halides is 3. The molecule has 2 aromatic carbocycles. The Morgan fingerprint density at radius 2 is 1.76 bits per heavy atom. The van der Waals surface area contributed by atoms with Gasteiger partial charge in [0.2, 0.25) is 5.82 Å². The second-order valence-electron chi connectivity index (χ2n) is 9.69. The third-order valence-corrected chi connectivity index (χ3v) is 7.14. The largest absolute Gasteiger partial charge is 0.398 e. The van der Waals surface area contributed by atoms with Gasteiger partial charge in [0.15, 0.2) is 0 Å². The van der Waals surface area contributed by atoms with Gasteiger partial charge >= 0.3 is 6.18 Å². The smallest absolute Gasteiger partial charge is 0.389 e. The number of aliphatic hydroxyl groups is 1. The maximum Gasteiger partial charge on any atom is 0.398 e. The number of nitrogens with zero attached hydrogens (tertiary/aromatic N) is 4. The minimum Gasteiger partial charge on any atom is -0.389 e. The van der Waals surface area contributed by atoms with Crippen LogP contribution in [0.15, 0.2) is 76.2 Å². The zero-order chi connectivity index (χ0) is 25.8. The van der Waals surface area contributed by atoms with Crippen LogP contribution in [0.25, 0.3) is 22.8 Å². The van der Waals surface area contributed by atoms with Crippen molar-refractivity contribution in [2.45, 2.75) is 37.1 Å². The van der Waals surface area contributed by atoms with Gasteiger partial charge in [-0.2, -0.15) is 18.2 Å². The molecule has 3 heterocycles. The van der Waals surface area contributed by atoms with Gasteiger partial charge in [-0.25, -0.2) is 0 Å². The molecule has 0 spiro atoms. The first kappa shape index (κ1) is 23.5. The molecule has 1 N–H and O–H groups in total. The van der Waals surface area contributed by atoms with Gasteiger partial charge in [0.25, 0.3) is 11.4 Å². The molecule has 1 saturated carbocycles. The number of benzene rings is 2. The molecule has 1 aliphatic carbocycles. The van der Waals surface area contributed by atoms with E-state index in [0.717, 1.165) is 11.3 Å². The molecule has 0 amide bonds. The molecule has 4 aromatic rings. The molecule has 37 heavy (non-hydrogen) atoms. The van der Waals surface area contributed by atoms with E-state index in [2.05, 4.69) is 15.0 Å². The first-order chi connectivity index (χ1) is 17.7. The van der Waals surface area contributed by atoms with Crippen LogP contribution >= 0.6 is 0 Å². The average molecular weight is 509 g/mol. The lowest BCUT2D eigenvalue weighted by molar-refractivity contribution is -0.160. The summed E-state index contributed by atoms with van der Waals surface area (Å²) in [5.74, 6) is 0.450. The molecule has 0 bridgehead atoms. The summed E-state index contributed by atoms with van der Waals surface area (Å²) in [7, 11) is 0. The van der Waals surface area contributed by atoms with E-state index in [9.17, 15) is 23.1 Å². The minimum atomic E-state index is -4.27. The van der Waals surface area contributed by atoms with Crippen molar-refractivity contribution in [3.05, 3.63) is 88.3 Å². The van der Waals surface area contributed by atoms with E-state index < -0.39 is 11.6 Å². The van der Waals surface area contributed by atoms with Gasteiger partial charge in [-0.05, 0) is 42.2 Å². The Morgan fingerprint density at radius 3 is 2.43 bits per heavy atom. The Bertz CT molecular complexity index is 1500. The average Bonchev–Trinajstić information content (AvgIpc) is 3.55. The number of aromatic nitrogens is 3. The molecule has 2 aliphatic rings. The second kappa shape index (κ2) is 8.58. The topological polar surface area (TPSA) is 84.4 Å². The third kappa shape index (κ3) is 4.31. The summed E-state index contributed by atoms with van der Waals surface area (Å²) in [5.41, 5.74) is 1.32. The molecule has 1 aliphatic heterocycles. The lowest BCUT2D eigenvalue weighted by Gasteiger charge is -2.38.